The van der Waals surface area contributed by atoms with Crippen molar-refractivity contribution in [2.45, 2.75) is 17.8 Å². The van der Waals surface area contributed by atoms with Crippen molar-refractivity contribution in [1.29, 1.82) is 0 Å². The standard InChI is InChI=1S/C26H23NO6S/c1-31-21-9-5-8-19(15-21)22(33-25(29)18-6-3-2-4-7-18)16-32-20-12-10-17(11-13-20)14-23-24(28)27-26(30)34-23/h2-13,15,22-23H,14,16H2,1H3,(H,27,28,30)/t22-,23?/m1/s1. The van der Waals surface area contributed by atoms with E-state index in [0.29, 0.717) is 23.5 Å². The molecule has 34 heavy (non-hydrogen) atoms. The van der Waals surface area contributed by atoms with E-state index in [1.54, 1.807) is 49.6 Å². The molecular weight excluding hydrogens is 454 g/mol. The largest absolute Gasteiger partial charge is 0.497 e. The van der Waals surface area contributed by atoms with Crippen molar-refractivity contribution in [2.75, 3.05) is 13.7 Å². The molecule has 174 valence electrons. The molecule has 0 spiro atoms. The third-order valence-corrected chi connectivity index (χ3v) is 6.22. The summed E-state index contributed by atoms with van der Waals surface area (Å²) in [5.74, 6) is 0.521. The molecule has 0 radical (unpaired) electrons. The molecule has 0 aliphatic carbocycles. The van der Waals surface area contributed by atoms with Crippen LogP contribution in [0.5, 0.6) is 11.5 Å². The van der Waals surface area contributed by atoms with Gasteiger partial charge in [-0.25, -0.2) is 4.79 Å². The Balaban J connectivity index is 1.44. The number of hydrogen-bond donors (Lipinski definition) is 1. The molecule has 0 aromatic heterocycles. The van der Waals surface area contributed by atoms with E-state index in [0.717, 1.165) is 22.9 Å². The lowest BCUT2D eigenvalue weighted by Gasteiger charge is -2.20. The zero-order chi connectivity index (χ0) is 23.9. The van der Waals surface area contributed by atoms with Crippen LogP contribution in [0, 0.1) is 0 Å². The van der Waals surface area contributed by atoms with E-state index in [-0.39, 0.29) is 17.8 Å². The Morgan fingerprint density at radius 1 is 0.971 bits per heavy atom. The monoisotopic (exact) mass is 477 g/mol. The SMILES string of the molecule is COc1cccc([C@@H](COc2ccc(CC3SC(=O)NC3=O)cc2)OC(=O)c2ccccc2)c1. The van der Waals surface area contributed by atoms with Crippen LogP contribution in [-0.2, 0) is 16.0 Å². The number of benzene rings is 3. The van der Waals surface area contributed by atoms with Crippen LogP contribution >= 0.6 is 11.8 Å². The van der Waals surface area contributed by atoms with Gasteiger partial charge in [0.05, 0.1) is 17.9 Å². The maximum atomic E-state index is 12.7. The molecule has 0 bridgehead atoms. The smallest absolute Gasteiger partial charge is 0.338 e. The molecule has 2 amide bonds. The number of rotatable bonds is 9. The summed E-state index contributed by atoms with van der Waals surface area (Å²) < 4.78 is 17.0. The van der Waals surface area contributed by atoms with E-state index in [1.807, 2.05) is 36.4 Å². The first-order valence-electron chi connectivity index (χ1n) is 10.6. The van der Waals surface area contributed by atoms with Gasteiger partial charge in [-0.3, -0.25) is 14.9 Å². The normalized spacial score (nSPS) is 16.0. The van der Waals surface area contributed by atoms with Crippen LogP contribution in [0.3, 0.4) is 0 Å². The molecule has 1 heterocycles. The van der Waals surface area contributed by atoms with Crippen molar-refractivity contribution in [3.8, 4) is 11.5 Å². The Hall–Kier alpha value is -3.78. The van der Waals surface area contributed by atoms with Crippen LogP contribution in [-0.4, -0.2) is 36.1 Å². The first-order chi connectivity index (χ1) is 16.5. The molecule has 1 aliphatic heterocycles. The first kappa shape index (κ1) is 23.4. The minimum atomic E-state index is -0.660. The third kappa shape index (κ3) is 5.96. The summed E-state index contributed by atoms with van der Waals surface area (Å²) in [6, 6.07) is 23.4. The molecule has 1 saturated heterocycles. The summed E-state index contributed by atoms with van der Waals surface area (Å²) >= 11 is 1.00. The van der Waals surface area contributed by atoms with Gasteiger partial charge in [-0.05, 0) is 53.9 Å². The second-order valence-electron chi connectivity index (χ2n) is 7.58. The number of thioether (sulfide) groups is 1. The lowest BCUT2D eigenvalue weighted by molar-refractivity contribution is -0.118. The molecule has 2 atom stereocenters. The van der Waals surface area contributed by atoms with E-state index < -0.39 is 17.3 Å². The average Bonchev–Trinajstić information content (AvgIpc) is 3.19. The van der Waals surface area contributed by atoms with E-state index in [9.17, 15) is 14.4 Å². The topological polar surface area (TPSA) is 90.9 Å². The number of esters is 1. The van der Waals surface area contributed by atoms with Crippen molar-refractivity contribution >= 4 is 28.9 Å². The van der Waals surface area contributed by atoms with E-state index >= 15 is 0 Å². The number of hydrogen-bond acceptors (Lipinski definition) is 7. The van der Waals surface area contributed by atoms with Gasteiger partial charge in [0.15, 0.2) is 6.10 Å². The van der Waals surface area contributed by atoms with Gasteiger partial charge in [-0.15, -0.1) is 0 Å². The van der Waals surface area contributed by atoms with Crippen LogP contribution in [0.2, 0.25) is 0 Å². The number of ether oxygens (including phenoxy) is 3. The van der Waals surface area contributed by atoms with E-state index in [4.69, 9.17) is 14.2 Å². The summed E-state index contributed by atoms with van der Waals surface area (Å²) in [5.41, 5.74) is 2.11. The number of carbonyl (C=O) groups is 3. The van der Waals surface area contributed by atoms with Gasteiger partial charge in [-0.2, -0.15) is 0 Å². The highest BCUT2D eigenvalue weighted by molar-refractivity contribution is 8.15. The number of methoxy groups -OCH3 is 1. The van der Waals surface area contributed by atoms with Crippen molar-refractivity contribution in [2.24, 2.45) is 0 Å². The molecule has 4 rings (SSSR count). The summed E-state index contributed by atoms with van der Waals surface area (Å²) in [4.78, 5) is 35.8. The third-order valence-electron chi connectivity index (χ3n) is 5.24. The van der Waals surface area contributed by atoms with Crippen LogP contribution < -0.4 is 14.8 Å². The van der Waals surface area contributed by atoms with E-state index in [2.05, 4.69) is 5.32 Å². The lowest BCUT2D eigenvalue weighted by Crippen LogP contribution is -2.25. The van der Waals surface area contributed by atoms with Crippen molar-refractivity contribution in [3.05, 3.63) is 95.6 Å². The van der Waals surface area contributed by atoms with Crippen LogP contribution in [0.4, 0.5) is 4.79 Å². The highest BCUT2D eigenvalue weighted by atomic mass is 32.2. The molecule has 1 N–H and O–H groups in total. The lowest BCUT2D eigenvalue weighted by atomic mass is 10.1. The van der Waals surface area contributed by atoms with Crippen LogP contribution in [0.25, 0.3) is 0 Å². The van der Waals surface area contributed by atoms with Gasteiger partial charge in [0.25, 0.3) is 5.24 Å². The summed E-state index contributed by atoms with van der Waals surface area (Å²) in [6.07, 6.45) is -0.212. The fraction of sp³-hybridized carbons (Fsp3) is 0.192. The molecule has 1 aliphatic rings. The second-order valence-corrected chi connectivity index (χ2v) is 8.75. The number of nitrogens with one attached hydrogen (secondary N) is 1. The molecule has 1 unspecified atom stereocenters. The van der Waals surface area contributed by atoms with E-state index in [1.165, 1.54) is 0 Å². The molecule has 0 saturated carbocycles. The maximum Gasteiger partial charge on any atom is 0.338 e. The fourth-order valence-corrected chi connectivity index (χ4v) is 4.31. The Morgan fingerprint density at radius 3 is 2.41 bits per heavy atom. The van der Waals surface area contributed by atoms with Gasteiger partial charge in [-0.1, -0.05) is 54.2 Å². The molecule has 3 aromatic carbocycles. The highest BCUT2D eigenvalue weighted by Crippen LogP contribution is 2.26. The van der Waals surface area contributed by atoms with Gasteiger partial charge < -0.3 is 14.2 Å². The molecule has 3 aromatic rings. The Labute approximate surface area is 201 Å². The maximum absolute atomic E-state index is 12.7. The zero-order valence-electron chi connectivity index (χ0n) is 18.4. The molecule has 8 heteroatoms. The summed E-state index contributed by atoms with van der Waals surface area (Å²) in [5, 5.41) is 1.55. The predicted octanol–water partition coefficient (Wildman–Crippen LogP) is 4.57. The average molecular weight is 478 g/mol. The number of imide groups is 1. The second kappa shape index (κ2) is 10.9. The first-order valence-corrected chi connectivity index (χ1v) is 11.5. The number of carbonyl (C=O) groups excluding carboxylic acids is 3. The Bertz CT molecular complexity index is 1170. The molecule has 7 nitrogen and oxygen atoms in total. The van der Waals surface area contributed by atoms with Crippen LogP contribution in [0.1, 0.15) is 27.6 Å². The fourth-order valence-electron chi connectivity index (χ4n) is 3.45. The van der Waals surface area contributed by atoms with Crippen molar-refractivity contribution < 1.29 is 28.6 Å². The molecule has 1 fully saturated rings. The van der Waals surface area contributed by atoms with Gasteiger partial charge in [0.2, 0.25) is 5.91 Å². The highest BCUT2D eigenvalue weighted by Gasteiger charge is 2.31. The van der Waals surface area contributed by atoms with Gasteiger partial charge in [0.1, 0.15) is 18.1 Å². The minimum absolute atomic E-state index is 0.0977. The zero-order valence-corrected chi connectivity index (χ0v) is 19.2. The minimum Gasteiger partial charge on any atom is -0.497 e. The van der Waals surface area contributed by atoms with Crippen molar-refractivity contribution in [1.82, 2.24) is 5.32 Å². The van der Waals surface area contributed by atoms with Gasteiger partial charge >= 0.3 is 5.97 Å². The van der Waals surface area contributed by atoms with Crippen molar-refractivity contribution in [3.63, 3.8) is 0 Å². The van der Waals surface area contributed by atoms with Crippen LogP contribution in [0.15, 0.2) is 78.9 Å². The van der Waals surface area contributed by atoms with Gasteiger partial charge in [0, 0.05) is 0 Å². The Morgan fingerprint density at radius 2 is 1.74 bits per heavy atom. The summed E-state index contributed by atoms with van der Waals surface area (Å²) in [6.45, 7) is 0.0977. The Kier molecular flexibility index (Phi) is 7.49. The molecular formula is C26H23NO6S. The number of amides is 2. The predicted molar refractivity (Wildman–Crippen MR) is 128 cm³/mol. The quantitative estimate of drug-likeness (QED) is 0.452. The summed E-state index contributed by atoms with van der Waals surface area (Å²) in [7, 11) is 1.58.